The lowest BCUT2D eigenvalue weighted by molar-refractivity contribution is -0.240. The summed E-state index contributed by atoms with van der Waals surface area (Å²) in [5, 5.41) is 0.370. The van der Waals surface area contributed by atoms with Gasteiger partial charge in [-0.2, -0.15) is 0 Å². The van der Waals surface area contributed by atoms with E-state index < -0.39 is 11.2 Å². The van der Waals surface area contributed by atoms with Crippen LogP contribution in [0.4, 0.5) is 5.82 Å². The molecule has 0 amide bonds. The molecule has 2 aromatic rings. The van der Waals surface area contributed by atoms with E-state index in [1.54, 1.807) is 14.0 Å². The third-order valence-electron chi connectivity index (χ3n) is 10.5. The number of fused-ring (bicyclic) bond motifs is 2. The molecule has 1 saturated carbocycles. The van der Waals surface area contributed by atoms with E-state index in [4.69, 9.17) is 28.3 Å². The van der Waals surface area contributed by atoms with Gasteiger partial charge in [0.15, 0.2) is 28.7 Å². The van der Waals surface area contributed by atoms with E-state index in [1.165, 1.54) is 18.6 Å². The number of allylic oxidation sites excluding steroid dienone is 5. The maximum absolute atomic E-state index is 13.6. The average Bonchev–Trinajstić information content (AvgIpc) is 3.56. The molecule has 4 aliphatic carbocycles. The average molecular weight is 599 g/mol. The lowest BCUT2D eigenvalue weighted by Gasteiger charge is -2.51. The van der Waals surface area contributed by atoms with Crippen LogP contribution in [0, 0.1) is 37.0 Å². The Balaban J connectivity index is 1.27. The highest BCUT2D eigenvalue weighted by molar-refractivity contribution is 6.08. The molecular formula is C35H38N2O7. The molecule has 4 unspecified atom stereocenters. The summed E-state index contributed by atoms with van der Waals surface area (Å²) in [5.74, 6) is 2.31. The van der Waals surface area contributed by atoms with Crippen molar-refractivity contribution in [2.45, 2.75) is 58.3 Å². The quantitative estimate of drug-likeness (QED) is 0.375. The summed E-state index contributed by atoms with van der Waals surface area (Å²) in [6.07, 6.45) is 14.3. The normalized spacial score (nSPS) is 29.2. The van der Waals surface area contributed by atoms with Crippen molar-refractivity contribution >= 4 is 22.6 Å². The highest BCUT2D eigenvalue weighted by atomic mass is 16.8. The van der Waals surface area contributed by atoms with Crippen LogP contribution in [0.3, 0.4) is 0 Å². The molecule has 0 N–H and O–H groups in total. The van der Waals surface area contributed by atoms with Crippen LogP contribution in [0.25, 0.3) is 11.0 Å². The van der Waals surface area contributed by atoms with Gasteiger partial charge >= 0.3 is 0 Å². The van der Waals surface area contributed by atoms with Crippen LogP contribution in [0.1, 0.15) is 54.4 Å². The first-order valence-electron chi connectivity index (χ1n) is 15.8. The number of ketones is 1. The molecule has 3 fully saturated rings. The van der Waals surface area contributed by atoms with Crippen LogP contribution >= 0.6 is 0 Å². The molecule has 2 saturated heterocycles. The Hall–Kier alpha value is -3.69. The molecule has 2 aliphatic heterocycles. The number of aromatic nitrogens is 1. The largest absolute Gasteiger partial charge is 0.493 e. The number of pyridine rings is 1. The fraction of sp³-hybridized carbons (Fsp3) is 0.514. The minimum Gasteiger partial charge on any atom is -0.493 e. The van der Waals surface area contributed by atoms with Gasteiger partial charge in [0.1, 0.15) is 22.7 Å². The third-order valence-corrected chi connectivity index (χ3v) is 10.5. The van der Waals surface area contributed by atoms with Crippen LogP contribution in [0.15, 0.2) is 62.7 Å². The number of carbonyl (C=O) groups excluding carboxylic acids is 1. The Morgan fingerprint density at radius 3 is 2.66 bits per heavy atom. The summed E-state index contributed by atoms with van der Waals surface area (Å²) in [6, 6.07) is 1.49. The number of carbonyl (C=O) groups is 1. The molecule has 8 rings (SSSR count). The molecule has 0 radical (unpaired) electrons. The Morgan fingerprint density at radius 1 is 1.16 bits per heavy atom. The van der Waals surface area contributed by atoms with Crippen LogP contribution in [-0.2, 0) is 18.9 Å². The van der Waals surface area contributed by atoms with Crippen molar-refractivity contribution in [2.75, 3.05) is 38.3 Å². The van der Waals surface area contributed by atoms with E-state index >= 15 is 0 Å². The number of hydrogen-bond donors (Lipinski definition) is 0. The van der Waals surface area contributed by atoms with Crippen molar-refractivity contribution in [1.29, 1.82) is 0 Å². The fourth-order valence-electron chi connectivity index (χ4n) is 8.43. The fourth-order valence-corrected chi connectivity index (χ4v) is 8.43. The van der Waals surface area contributed by atoms with Crippen molar-refractivity contribution < 1.29 is 28.2 Å². The third kappa shape index (κ3) is 3.94. The van der Waals surface area contributed by atoms with Crippen molar-refractivity contribution in [3.63, 3.8) is 0 Å². The summed E-state index contributed by atoms with van der Waals surface area (Å²) in [5.41, 5.74) is 1.86. The van der Waals surface area contributed by atoms with Gasteiger partial charge in [0.2, 0.25) is 5.79 Å². The smallest absolute Gasteiger partial charge is 0.210 e. The molecule has 230 valence electrons. The second kappa shape index (κ2) is 9.91. The summed E-state index contributed by atoms with van der Waals surface area (Å²) >= 11 is 0. The predicted molar refractivity (Wildman–Crippen MR) is 163 cm³/mol. The van der Waals surface area contributed by atoms with Gasteiger partial charge in [0, 0.05) is 42.8 Å². The van der Waals surface area contributed by atoms with Gasteiger partial charge in [-0.05, 0) is 57.6 Å². The number of rotatable bonds is 8. The van der Waals surface area contributed by atoms with E-state index in [0.717, 1.165) is 37.3 Å². The molecule has 0 aromatic carbocycles. The van der Waals surface area contributed by atoms with Gasteiger partial charge in [0.05, 0.1) is 31.6 Å². The summed E-state index contributed by atoms with van der Waals surface area (Å²) in [4.78, 5) is 33.5. The van der Waals surface area contributed by atoms with Gasteiger partial charge in [-0.25, -0.2) is 4.98 Å². The highest BCUT2D eigenvalue weighted by Gasteiger charge is 2.69. The predicted octanol–water partition coefficient (Wildman–Crippen LogP) is 5.30. The molecule has 2 aromatic heterocycles. The maximum Gasteiger partial charge on any atom is 0.210 e. The van der Waals surface area contributed by atoms with E-state index in [2.05, 4.69) is 29.2 Å². The first-order valence-corrected chi connectivity index (χ1v) is 15.8. The van der Waals surface area contributed by atoms with Gasteiger partial charge < -0.3 is 28.3 Å². The molecular weight excluding hydrogens is 560 g/mol. The Labute approximate surface area is 256 Å². The SMILES string of the molecule is COC1=C2OC3C4(CC=C5C=CC(C=C1)C2C53CCN(CC1CC1)c1nc(C)c(C(C)=O)c2oc(C)cc(=O)c12)OCCO4. The van der Waals surface area contributed by atoms with Crippen LogP contribution in [0.5, 0.6) is 0 Å². The molecule has 4 atom stereocenters. The first kappa shape index (κ1) is 27.8. The second-order valence-corrected chi connectivity index (χ2v) is 13.1. The minimum absolute atomic E-state index is 0.0238. The zero-order chi connectivity index (χ0) is 30.4. The van der Waals surface area contributed by atoms with Crippen LogP contribution < -0.4 is 10.3 Å². The number of hydrogen-bond acceptors (Lipinski definition) is 9. The van der Waals surface area contributed by atoms with Crippen molar-refractivity contribution in [3.05, 3.63) is 80.8 Å². The van der Waals surface area contributed by atoms with Crippen molar-refractivity contribution in [2.24, 2.45) is 23.2 Å². The van der Waals surface area contributed by atoms with Gasteiger partial charge in [-0.15, -0.1) is 0 Å². The molecule has 44 heavy (non-hydrogen) atoms. The molecule has 4 heterocycles. The zero-order valence-corrected chi connectivity index (χ0v) is 25.7. The molecule has 1 spiro atoms. The number of aryl methyl sites for hydroxylation is 2. The first-order chi connectivity index (χ1) is 21.3. The topological polar surface area (TPSA) is 100 Å². The molecule has 9 nitrogen and oxygen atoms in total. The lowest BCUT2D eigenvalue weighted by atomic mass is 9.54. The number of anilines is 1. The zero-order valence-electron chi connectivity index (χ0n) is 25.7. The lowest BCUT2D eigenvalue weighted by Crippen LogP contribution is -2.58. The minimum atomic E-state index is -0.868. The van der Waals surface area contributed by atoms with E-state index in [1.807, 2.05) is 13.0 Å². The summed E-state index contributed by atoms with van der Waals surface area (Å²) in [7, 11) is 1.69. The van der Waals surface area contributed by atoms with Crippen molar-refractivity contribution in [1.82, 2.24) is 4.98 Å². The highest BCUT2D eigenvalue weighted by Crippen LogP contribution is 2.66. The van der Waals surface area contributed by atoms with Gasteiger partial charge in [-0.3, -0.25) is 9.59 Å². The number of Topliss-reactive ketones (excluding diaryl/α,β-unsaturated/α-hetero) is 1. The van der Waals surface area contributed by atoms with Crippen LogP contribution in [0.2, 0.25) is 0 Å². The van der Waals surface area contributed by atoms with Crippen LogP contribution in [-0.4, -0.2) is 56.1 Å². The second-order valence-electron chi connectivity index (χ2n) is 13.1. The van der Waals surface area contributed by atoms with Gasteiger partial charge in [-0.1, -0.05) is 24.3 Å². The Kier molecular flexibility index (Phi) is 6.27. The van der Waals surface area contributed by atoms with Gasteiger partial charge in [0.25, 0.3) is 0 Å². The van der Waals surface area contributed by atoms with Crippen molar-refractivity contribution in [3.8, 4) is 0 Å². The monoisotopic (exact) mass is 598 g/mol. The Morgan fingerprint density at radius 2 is 1.93 bits per heavy atom. The number of nitrogens with zero attached hydrogens (tertiary/aromatic N) is 2. The molecule has 9 heteroatoms. The molecule has 6 aliphatic rings. The Bertz CT molecular complexity index is 1760. The maximum atomic E-state index is 13.6. The van der Waals surface area contributed by atoms with E-state index in [-0.39, 0.29) is 29.2 Å². The molecule has 0 bridgehead atoms. The summed E-state index contributed by atoms with van der Waals surface area (Å²) in [6.45, 7) is 7.49. The van der Waals surface area contributed by atoms with E-state index in [0.29, 0.717) is 65.9 Å². The van der Waals surface area contributed by atoms with E-state index in [9.17, 15) is 9.59 Å². The summed E-state index contributed by atoms with van der Waals surface area (Å²) < 4.78 is 31.6. The number of methoxy groups -OCH3 is 1. The number of ether oxygens (including phenoxy) is 4. The standard InChI is InChI=1S/C35H38N2O7/c1-19-17-25(39)28-31(43-19)27(21(3)38)20(2)36-32(28)37(18-22-5-6-22)14-13-34-24-9-7-23-8-10-26(40-4)30(29(23)34)44-33(34)35(12-11-24)41-15-16-42-35/h7-11,17,22-23,29,33H,5-6,12-16,18H2,1-4H3.